The molecule has 3 aromatic heterocycles. The van der Waals surface area contributed by atoms with Gasteiger partial charge in [0.1, 0.15) is 5.54 Å². The zero-order chi connectivity index (χ0) is 26.9. The highest BCUT2D eigenvalue weighted by atomic mass is 32.2. The molecule has 0 radical (unpaired) electrons. The van der Waals surface area contributed by atoms with Crippen LogP contribution in [0.15, 0.2) is 46.9 Å². The summed E-state index contributed by atoms with van der Waals surface area (Å²) in [6, 6.07) is 7.17. The molecule has 0 spiro atoms. The first-order valence-electron chi connectivity index (χ1n) is 12.8. The maximum atomic E-state index is 13.7. The number of Topliss-reactive ketones (excluding diaryl/α,β-unsaturated/α-hetero) is 1. The summed E-state index contributed by atoms with van der Waals surface area (Å²) in [6.07, 6.45) is 5.64. The van der Waals surface area contributed by atoms with Gasteiger partial charge in [-0.2, -0.15) is 4.31 Å². The van der Waals surface area contributed by atoms with Gasteiger partial charge in [-0.05, 0) is 62.3 Å². The van der Waals surface area contributed by atoms with Crippen molar-refractivity contribution in [3.63, 3.8) is 0 Å². The van der Waals surface area contributed by atoms with Crippen molar-refractivity contribution in [2.75, 3.05) is 6.54 Å². The number of nitrogens with zero attached hydrogens (tertiary/aromatic N) is 2. The van der Waals surface area contributed by atoms with E-state index in [4.69, 9.17) is 0 Å². The Morgan fingerprint density at radius 2 is 1.89 bits per heavy atom. The van der Waals surface area contributed by atoms with E-state index in [1.165, 1.54) is 27.9 Å². The fourth-order valence-electron chi connectivity index (χ4n) is 5.24. The smallest absolute Gasteiger partial charge is 0.262 e. The first-order chi connectivity index (χ1) is 18.2. The Balaban J connectivity index is 1.32. The van der Waals surface area contributed by atoms with Gasteiger partial charge in [0.25, 0.3) is 15.9 Å². The zero-order valence-electron chi connectivity index (χ0n) is 21.0. The van der Waals surface area contributed by atoms with Crippen LogP contribution >= 0.6 is 22.7 Å². The minimum atomic E-state index is -3.97. The highest BCUT2D eigenvalue weighted by Crippen LogP contribution is 2.33. The molecule has 4 heterocycles. The van der Waals surface area contributed by atoms with E-state index in [-0.39, 0.29) is 29.2 Å². The molecule has 38 heavy (non-hydrogen) atoms. The van der Waals surface area contributed by atoms with Crippen LogP contribution in [0.4, 0.5) is 0 Å². The van der Waals surface area contributed by atoms with Crippen molar-refractivity contribution in [1.29, 1.82) is 0 Å². The Labute approximate surface area is 229 Å². The van der Waals surface area contributed by atoms with Crippen LogP contribution in [0.5, 0.6) is 0 Å². The molecule has 2 fully saturated rings. The quantitative estimate of drug-likeness (QED) is 0.462. The van der Waals surface area contributed by atoms with Crippen molar-refractivity contribution < 1.29 is 22.8 Å². The van der Waals surface area contributed by atoms with Gasteiger partial charge in [-0.25, -0.2) is 13.4 Å². The summed E-state index contributed by atoms with van der Waals surface area (Å²) in [5.74, 6) is -1.04. The SMILES string of the molecule is C[C@H]1CC[C@H](NC(=O)C2(NC(=O)c3cc4sccc4s3)CCCCC2)C(=O)CN1S(=O)(=O)c1ccccn1. The number of fused-ring (bicyclic) bond motifs is 1. The molecule has 12 heteroatoms. The molecule has 2 atom stereocenters. The van der Waals surface area contributed by atoms with Crippen LogP contribution in [0.2, 0.25) is 0 Å². The molecule has 1 saturated heterocycles. The zero-order valence-corrected chi connectivity index (χ0v) is 23.5. The number of carbonyl (C=O) groups excluding carboxylic acids is 3. The maximum Gasteiger partial charge on any atom is 0.262 e. The van der Waals surface area contributed by atoms with E-state index in [1.54, 1.807) is 30.4 Å². The highest BCUT2D eigenvalue weighted by molar-refractivity contribution is 7.89. The molecule has 0 bridgehead atoms. The van der Waals surface area contributed by atoms with Crippen LogP contribution in [0.1, 0.15) is 61.5 Å². The number of hydrogen-bond acceptors (Lipinski definition) is 8. The topological polar surface area (TPSA) is 126 Å². The van der Waals surface area contributed by atoms with Crippen LogP contribution in [0.3, 0.4) is 0 Å². The van der Waals surface area contributed by atoms with Gasteiger partial charge >= 0.3 is 0 Å². The van der Waals surface area contributed by atoms with Gasteiger partial charge in [-0.1, -0.05) is 25.3 Å². The summed E-state index contributed by atoms with van der Waals surface area (Å²) in [6.45, 7) is 1.41. The van der Waals surface area contributed by atoms with E-state index < -0.39 is 27.6 Å². The second-order valence-corrected chi connectivity index (χ2v) is 13.9. The van der Waals surface area contributed by atoms with Crippen LogP contribution in [-0.4, -0.2) is 59.5 Å². The van der Waals surface area contributed by atoms with Crippen molar-refractivity contribution in [3.8, 4) is 0 Å². The second kappa shape index (κ2) is 10.8. The van der Waals surface area contributed by atoms with Crippen molar-refractivity contribution in [1.82, 2.24) is 19.9 Å². The lowest BCUT2D eigenvalue weighted by atomic mass is 9.80. The highest BCUT2D eigenvalue weighted by Gasteiger charge is 2.44. The van der Waals surface area contributed by atoms with Crippen molar-refractivity contribution in [2.45, 2.75) is 74.5 Å². The third kappa shape index (κ3) is 5.27. The number of aromatic nitrogens is 1. The van der Waals surface area contributed by atoms with Crippen LogP contribution in [0.25, 0.3) is 9.40 Å². The molecular weight excluding hydrogens is 545 g/mol. The predicted molar refractivity (Wildman–Crippen MR) is 147 cm³/mol. The second-order valence-electron chi connectivity index (χ2n) is 9.99. The summed E-state index contributed by atoms with van der Waals surface area (Å²) in [5.41, 5.74) is -1.11. The number of ketones is 1. The fraction of sp³-hybridized carbons (Fsp3) is 0.462. The Morgan fingerprint density at radius 3 is 2.61 bits per heavy atom. The number of sulfonamides is 1. The molecule has 2 aliphatic rings. The monoisotopic (exact) mass is 574 g/mol. The predicted octanol–water partition coefficient (Wildman–Crippen LogP) is 3.72. The van der Waals surface area contributed by atoms with E-state index in [9.17, 15) is 22.8 Å². The Bertz CT molecular complexity index is 1420. The normalized spacial score (nSPS) is 22.6. The van der Waals surface area contributed by atoms with Crippen molar-refractivity contribution >= 4 is 59.7 Å². The van der Waals surface area contributed by atoms with Crippen LogP contribution in [0, 0.1) is 0 Å². The minimum Gasteiger partial charge on any atom is -0.344 e. The Morgan fingerprint density at radius 1 is 1.11 bits per heavy atom. The third-order valence-electron chi connectivity index (χ3n) is 7.44. The molecule has 9 nitrogen and oxygen atoms in total. The van der Waals surface area contributed by atoms with Gasteiger partial charge in [-0.15, -0.1) is 22.7 Å². The van der Waals surface area contributed by atoms with Gasteiger partial charge < -0.3 is 10.6 Å². The lowest BCUT2D eigenvalue weighted by molar-refractivity contribution is -0.132. The van der Waals surface area contributed by atoms with E-state index in [2.05, 4.69) is 15.6 Å². The lowest BCUT2D eigenvalue weighted by Crippen LogP contribution is -2.62. The summed E-state index contributed by atoms with van der Waals surface area (Å²) < 4.78 is 29.6. The van der Waals surface area contributed by atoms with E-state index in [1.807, 2.05) is 17.5 Å². The van der Waals surface area contributed by atoms with Crippen LogP contribution in [-0.2, 0) is 19.6 Å². The number of carbonyl (C=O) groups is 3. The van der Waals surface area contributed by atoms with E-state index in [0.29, 0.717) is 30.6 Å². The molecule has 5 rings (SSSR count). The molecule has 1 aliphatic carbocycles. The lowest BCUT2D eigenvalue weighted by Gasteiger charge is -2.37. The van der Waals surface area contributed by atoms with E-state index >= 15 is 0 Å². The Hall–Kier alpha value is -2.67. The number of hydrogen-bond donors (Lipinski definition) is 2. The summed E-state index contributed by atoms with van der Waals surface area (Å²) in [7, 11) is -3.97. The molecule has 1 saturated carbocycles. The number of nitrogens with one attached hydrogen (secondary N) is 2. The minimum absolute atomic E-state index is 0.112. The number of thiophene rings is 2. The molecule has 0 unspecified atom stereocenters. The van der Waals surface area contributed by atoms with Crippen LogP contribution < -0.4 is 10.6 Å². The average molecular weight is 575 g/mol. The largest absolute Gasteiger partial charge is 0.344 e. The van der Waals surface area contributed by atoms with Crippen molar-refractivity contribution in [3.05, 3.63) is 46.8 Å². The van der Waals surface area contributed by atoms with E-state index in [0.717, 1.165) is 28.7 Å². The third-order valence-corrected chi connectivity index (χ3v) is 11.4. The molecule has 1 aliphatic heterocycles. The maximum absolute atomic E-state index is 13.7. The molecule has 3 aromatic rings. The number of amides is 2. The van der Waals surface area contributed by atoms with Crippen molar-refractivity contribution in [2.24, 2.45) is 0 Å². The fourth-order valence-corrected chi connectivity index (χ4v) is 8.81. The first kappa shape index (κ1) is 26.9. The first-order valence-corrected chi connectivity index (χ1v) is 15.9. The molecule has 2 N–H and O–H groups in total. The van der Waals surface area contributed by atoms with Gasteiger partial charge in [0.05, 0.1) is 17.5 Å². The summed E-state index contributed by atoms with van der Waals surface area (Å²) >= 11 is 2.96. The van der Waals surface area contributed by atoms with Gasteiger partial charge in [-0.3, -0.25) is 14.4 Å². The van der Waals surface area contributed by atoms with Gasteiger partial charge in [0.15, 0.2) is 10.8 Å². The van der Waals surface area contributed by atoms with Gasteiger partial charge in [0, 0.05) is 21.6 Å². The number of pyridine rings is 1. The Kier molecular flexibility index (Phi) is 7.67. The molecular formula is C26H30N4O5S3. The number of rotatable bonds is 6. The van der Waals surface area contributed by atoms with Gasteiger partial charge in [0.2, 0.25) is 5.91 Å². The standard InChI is InChI=1S/C26H30N4O5S3/c1-17-8-9-18(19(31)16-30(17)38(34,35)23-7-3-6-13-27-23)28-25(33)26(11-4-2-5-12-26)29-24(32)22-15-21-20(37-22)10-14-36-21/h3,6-7,10,13-15,17-18H,2,4-5,8-9,11-12,16H2,1H3,(H,28,33)(H,29,32)/t17-,18-/m0/s1. The summed E-state index contributed by atoms with van der Waals surface area (Å²) in [4.78, 5) is 44.7. The molecule has 2 amide bonds. The summed E-state index contributed by atoms with van der Waals surface area (Å²) in [5, 5.41) is 7.78. The molecule has 202 valence electrons. The molecule has 0 aromatic carbocycles. The average Bonchev–Trinajstić information content (AvgIpc) is 3.49.